The van der Waals surface area contributed by atoms with Crippen LogP contribution in [0, 0.1) is 0 Å². The van der Waals surface area contributed by atoms with E-state index in [9.17, 15) is 9.59 Å². The Hall–Kier alpha value is -0.570. The van der Waals surface area contributed by atoms with Crippen LogP contribution in [0.2, 0.25) is 0 Å². The fourth-order valence-electron chi connectivity index (χ4n) is 0.585. The van der Waals surface area contributed by atoms with Gasteiger partial charge in [0.2, 0.25) is 0 Å². The molecule has 3 heteroatoms. The highest BCUT2D eigenvalue weighted by molar-refractivity contribution is 8.04. The van der Waals surface area contributed by atoms with Crippen molar-refractivity contribution in [2.24, 2.45) is 0 Å². The van der Waals surface area contributed by atoms with E-state index in [1.807, 2.05) is 6.92 Å². The van der Waals surface area contributed by atoms with E-state index in [2.05, 4.69) is 0 Å². The fourth-order valence-corrected chi connectivity index (χ4v) is 1.35. The minimum absolute atomic E-state index is 0.0351. The summed E-state index contributed by atoms with van der Waals surface area (Å²) in [6.07, 6.45) is 1.39. The molecule has 0 heterocycles. The Morgan fingerprint density at radius 3 is 2.18 bits per heavy atom. The molecule has 0 aliphatic carbocycles. The molecule has 0 bridgehead atoms. The molecule has 62 valence electrons. The number of Topliss-reactive ketones (excluding diaryl/α,β-unsaturated/α-hetero) is 1. The second-order valence-corrected chi connectivity index (χ2v) is 3.41. The standard InChI is InChI=1S/C8H12O2S/c1-4-11-8(7(3)10)5-6(2)9/h5H,4H2,1-3H3/b8-5+. The average molecular weight is 172 g/mol. The molecule has 0 aliphatic heterocycles. The minimum atomic E-state index is -0.0730. The number of rotatable bonds is 4. The second kappa shape index (κ2) is 5.13. The topological polar surface area (TPSA) is 34.1 Å². The van der Waals surface area contributed by atoms with E-state index >= 15 is 0 Å². The predicted octanol–water partition coefficient (Wildman–Crippen LogP) is 1.80. The Morgan fingerprint density at radius 1 is 1.36 bits per heavy atom. The highest BCUT2D eigenvalue weighted by Crippen LogP contribution is 2.15. The van der Waals surface area contributed by atoms with Gasteiger partial charge in [0.05, 0.1) is 4.91 Å². The molecule has 0 aromatic heterocycles. The van der Waals surface area contributed by atoms with E-state index in [1.165, 1.54) is 31.7 Å². The van der Waals surface area contributed by atoms with Crippen molar-refractivity contribution < 1.29 is 9.59 Å². The van der Waals surface area contributed by atoms with Crippen molar-refractivity contribution in [1.82, 2.24) is 0 Å². The Morgan fingerprint density at radius 2 is 1.91 bits per heavy atom. The van der Waals surface area contributed by atoms with Gasteiger partial charge in [0, 0.05) is 0 Å². The first kappa shape index (κ1) is 10.4. The zero-order valence-electron chi connectivity index (χ0n) is 7.01. The molecule has 0 aromatic carbocycles. The molecule has 0 fully saturated rings. The average Bonchev–Trinajstić information content (AvgIpc) is 1.86. The molecule has 0 radical (unpaired) electrons. The lowest BCUT2D eigenvalue weighted by molar-refractivity contribution is -0.115. The molecule has 11 heavy (non-hydrogen) atoms. The van der Waals surface area contributed by atoms with Gasteiger partial charge in [-0.05, 0) is 25.7 Å². The SMILES string of the molecule is CCS/C(=C/C(C)=O)C(C)=O. The molecule has 0 atom stereocenters. The summed E-state index contributed by atoms with van der Waals surface area (Å²) in [5.74, 6) is 0.710. The molecule has 0 aromatic rings. The summed E-state index contributed by atoms with van der Waals surface area (Å²) in [7, 11) is 0. The molecule has 0 amide bonds. The summed E-state index contributed by atoms with van der Waals surface area (Å²) in [6, 6.07) is 0. The summed E-state index contributed by atoms with van der Waals surface area (Å²) in [5.41, 5.74) is 0. The number of ketones is 2. The van der Waals surface area contributed by atoms with Gasteiger partial charge in [-0.2, -0.15) is 0 Å². The van der Waals surface area contributed by atoms with Crippen molar-refractivity contribution in [3.63, 3.8) is 0 Å². The number of hydrogen-bond donors (Lipinski definition) is 0. The van der Waals surface area contributed by atoms with Crippen molar-refractivity contribution in [3.05, 3.63) is 11.0 Å². The molecule has 2 nitrogen and oxygen atoms in total. The smallest absolute Gasteiger partial charge is 0.166 e. The van der Waals surface area contributed by atoms with Crippen LogP contribution in [0.3, 0.4) is 0 Å². The first-order chi connectivity index (χ1) is 5.07. The van der Waals surface area contributed by atoms with Crippen LogP contribution < -0.4 is 0 Å². The Kier molecular flexibility index (Phi) is 4.86. The summed E-state index contributed by atoms with van der Waals surface area (Å²) in [4.78, 5) is 22.0. The molecular weight excluding hydrogens is 160 g/mol. The van der Waals surface area contributed by atoms with Gasteiger partial charge in [-0.25, -0.2) is 0 Å². The fraction of sp³-hybridized carbons (Fsp3) is 0.500. The summed E-state index contributed by atoms with van der Waals surface area (Å²) in [5, 5.41) is 0. The lowest BCUT2D eigenvalue weighted by atomic mass is 10.3. The van der Waals surface area contributed by atoms with Gasteiger partial charge < -0.3 is 0 Å². The van der Waals surface area contributed by atoms with Crippen molar-refractivity contribution >= 4 is 23.3 Å². The lowest BCUT2D eigenvalue weighted by Gasteiger charge is -1.97. The summed E-state index contributed by atoms with van der Waals surface area (Å²) >= 11 is 1.40. The van der Waals surface area contributed by atoms with E-state index in [0.717, 1.165) is 5.75 Å². The third kappa shape index (κ3) is 4.79. The largest absolute Gasteiger partial charge is 0.295 e. The van der Waals surface area contributed by atoms with Crippen molar-refractivity contribution in [3.8, 4) is 0 Å². The number of hydrogen-bond acceptors (Lipinski definition) is 3. The third-order valence-electron chi connectivity index (χ3n) is 0.981. The van der Waals surface area contributed by atoms with Crippen LogP contribution >= 0.6 is 11.8 Å². The van der Waals surface area contributed by atoms with Crippen LogP contribution in [-0.2, 0) is 9.59 Å². The number of carbonyl (C=O) groups is 2. The Labute approximate surface area is 71.1 Å². The van der Waals surface area contributed by atoms with Crippen molar-refractivity contribution in [1.29, 1.82) is 0 Å². The zero-order chi connectivity index (χ0) is 8.85. The summed E-state index contributed by atoms with van der Waals surface area (Å²) in [6.45, 7) is 4.86. The number of thioether (sulfide) groups is 1. The van der Waals surface area contributed by atoms with E-state index in [-0.39, 0.29) is 11.6 Å². The van der Waals surface area contributed by atoms with E-state index in [4.69, 9.17) is 0 Å². The molecular formula is C8H12O2S. The second-order valence-electron chi connectivity index (χ2n) is 2.11. The minimum Gasteiger partial charge on any atom is -0.295 e. The van der Waals surface area contributed by atoms with Crippen LogP contribution in [-0.4, -0.2) is 17.3 Å². The van der Waals surface area contributed by atoms with Crippen molar-refractivity contribution in [2.45, 2.75) is 20.8 Å². The molecule has 0 aliphatic rings. The Bertz CT molecular complexity index is 194. The van der Waals surface area contributed by atoms with Gasteiger partial charge in [0.1, 0.15) is 0 Å². The highest BCUT2D eigenvalue weighted by Gasteiger charge is 2.03. The van der Waals surface area contributed by atoms with Gasteiger partial charge in [-0.1, -0.05) is 6.92 Å². The first-order valence-corrected chi connectivity index (χ1v) is 4.42. The van der Waals surface area contributed by atoms with Crippen LogP contribution in [0.1, 0.15) is 20.8 Å². The zero-order valence-corrected chi connectivity index (χ0v) is 7.83. The summed E-state index contributed by atoms with van der Waals surface area (Å²) < 4.78 is 0. The predicted molar refractivity (Wildman–Crippen MR) is 47.6 cm³/mol. The lowest BCUT2D eigenvalue weighted by Crippen LogP contribution is -1.96. The van der Waals surface area contributed by atoms with Gasteiger partial charge in [0.15, 0.2) is 11.6 Å². The number of carbonyl (C=O) groups excluding carboxylic acids is 2. The molecule has 0 unspecified atom stereocenters. The maximum absolute atomic E-state index is 10.8. The van der Waals surface area contributed by atoms with E-state index < -0.39 is 0 Å². The van der Waals surface area contributed by atoms with Crippen LogP contribution in [0.25, 0.3) is 0 Å². The quantitative estimate of drug-likeness (QED) is 0.606. The van der Waals surface area contributed by atoms with E-state index in [1.54, 1.807) is 0 Å². The van der Waals surface area contributed by atoms with Crippen LogP contribution in [0.5, 0.6) is 0 Å². The maximum atomic E-state index is 10.8. The molecule has 0 saturated heterocycles. The number of allylic oxidation sites excluding steroid dienone is 2. The van der Waals surface area contributed by atoms with Gasteiger partial charge in [0.25, 0.3) is 0 Å². The monoisotopic (exact) mass is 172 g/mol. The van der Waals surface area contributed by atoms with Gasteiger partial charge in [-0.15, -0.1) is 11.8 Å². The first-order valence-electron chi connectivity index (χ1n) is 3.44. The van der Waals surface area contributed by atoms with Crippen molar-refractivity contribution in [2.75, 3.05) is 5.75 Å². The molecule has 0 rings (SSSR count). The Balaban J connectivity index is 4.32. The van der Waals surface area contributed by atoms with Gasteiger partial charge in [-0.3, -0.25) is 9.59 Å². The molecule has 0 spiro atoms. The third-order valence-corrected chi connectivity index (χ3v) is 1.99. The van der Waals surface area contributed by atoms with E-state index in [0.29, 0.717) is 4.91 Å². The maximum Gasteiger partial charge on any atom is 0.166 e. The highest BCUT2D eigenvalue weighted by atomic mass is 32.2. The van der Waals surface area contributed by atoms with Crippen LogP contribution in [0.4, 0.5) is 0 Å². The molecule has 0 saturated carbocycles. The normalized spacial score (nSPS) is 11.4. The van der Waals surface area contributed by atoms with Crippen LogP contribution in [0.15, 0.2) is 11.0 Å². The van der Waals surface area contributed by atoms with Gasteiger partial charge >= 0.3 is 0 Å². The molecule has 0 N–H and O–H groups in total.